The van der Waals surface area contributed by atoms with Gasteiger partial charge in [0.25, 0.3) is 11.8 Å². The zero-order valence-corrected chi connectivity index (χ0v) is 16.3. The Labute approximate surface area is 157 Å². The number of carbonyl (C=O) groups is 2. The van der Waals surface area contributed by atoms with Crippen LogP contribution in [-0.4, -0.2) is 31.1 Å². The van der Waals surface area contributed by atoms with Crippen LogP contribution >= 0.6 is 27.5 Å². The molecule has 0 unspecified atom stereocenters. The molecule has 0 radical (unpaired) electrons. The zero-order valence-electron chi connectivity index (χ0n) is 13.1. The van der Waals surface area contributed by atoms with Crippen molar-refractivity contribution < 1.29 is 18.0 Å². The minimum atomic E-state index is -3.55. The number of nitrogens with one attached hydrogen (secondary N) is 3. The van der Waals surface area contributed by atoms with E-state index in [4.69, 9.17) is 11.6 Å². The molecule has 0 saturated carbocycles. The van der Waals surface area contributed by atoms with Gasteiger partial charge in [-0.25, -0.2) is 8.42 Å². The van der Waals surface area contributed by atoms with E-state index in [1.165, 1.54) is 18.2 Å². The van der Waals surface area contributed by atoms with Crippen molar-refractivity contribution >= 4 is 55.1 Å². The number of hydrogen-bond acceptors (Lipinski definition) is 4. The Morgan fingerprint density at radius 3 is 2.36 bits per heavy atom. The molecule has 1 heterocycles. The maximum atomic E-state index is 12.1. The molecule has 0 atom stereocenters. The lowest BCUT2D eigenvalue weighted by Crippen LogP contribution is -2.42. The number of halogens is 2. The first kappa shape index (κ1) is 19.3. The quantitative estimate of drug-likeness (QED) is 0.619. The molecular formula is C14H14BrClN4O4S. The molecule has 0 aliphatic carbocycles. The normalized spacial score (nSPS) is 11.0. The highest BCUT2D eigenvalue weighted by molar-refractivity contribution is 9.10. The molecule has 0 bridgehead atoms. The van der Waals surface area contributed by atoms with Crippen LogP contribution in [0.3, 0.4) is 0 Å². The summed E-state index contributed by atoms with van der Waals surface area (Å²) in [5.41, 5.74) is 5.05. The summed E-state index contributed by atoms with van der Waals surface area (Å²) in [5, 5.41) is 0.139. The Morgan fingerprint density at radius 1 is 1.16 bits per heavy atom. The standard InChI is InChI=1S/C14H14BrClN4O4S/c1-20-7-9(15)6-12(20)14(22)18-17-13(21)8-3-4-10(16)11(5-8)19-25(2,23)24/h3-7,19H,1-2H3,(H,17,21)(H,18,22). The summed E-state index contributed by atoms with van der Waals surface area (Å²) >= 11 is 9.15. The number of hydrazine groups is 1. The van der Waals surface area contributed by atoms with Gasteiger partial charge in [0, 0.05) is 23.3 Å². The number of sulfonamides is 1. The molecular weight excluding hydrogens is 436 g/mol. The highest BCUT2D eigenvalue weighted by Gasteiger charge is 2.14. The lowest BCUT2D eigenvalue weighted by atomic mass is 10.2. The van der Waals surface area contributed by atoms with E-state index in [2.05, 4.69) is 31.5 Å². The number of anilines is 1. The SMILES string of the molecule is Cn1cc(Br)cc1C(=O)NNC(=O)c1ccc(Cl)c(NS(C)(=O)=O)c1. The highest BCUT2D eigenvalue weighted by atomic mass is 79.9. The van der Waals surface area contributed by atoms with Gasteiger partial charge in [-0.15, -0.1) is 0 Å². The second kappa shape index (κ2) is 7.46. The van der Waals surface area contributed by atoms with Crippen molar-refractivity contribution in [2.75, 3.05) is 11.0 Å². The molecule has 8 nitrogen and oxygen atoms in total. The van der Waals surface area contributed by atoms with Crippen molar-refractivity contribution in [2.24, 2.45) is 7.05 Å². The van der Waals surface area contributed by atoms with Crippen LogP contribution in [0.4, 0.5) is 5.69 Å². The van der Waals surface area contributed by atoms with E-state index in [9.17, 15) is 18.0 Å². The van der Waals surface area contributed by atoms with Gasteiger partial charge in [-0.2, -0.15) is 0 Å². The molecule has 134 valence electrons. The van der Waals surface area contributed by atoms with E-state index in [1.807, 2.05) is 0 Å². The van der Waals surface area contributed by atoms with Crippen LogP contribution in [0.15, 0.2) is 34.9 Å². The third-order valence-corrected chi connectivity index (χ3v) is 4.37. The third kappa shape index (κ3) is 5.21. The monoisotopic (exact) mass is 448 g/mol. The second-order valence-electron chi connectivity index (χ2n) is 5.13. The molecule has 0 saturated heterocycles. The lowest BCUT2D eigenvalue weighted by molar-refractivity contribution is 0.0842. The smallest absolute Gasteiger partial charge is 0.286 e. The Morgan fingerprint density at radius 2 is 1.80 bits per heavy atom. The van der Waals surface area contributed by atoms with Gasteiger partial charge in [0.1, 0.15) is 5.69 Å². The van der Waals surface area contributed by atoms with Crippen molar-refractivity contribution in [3.63, 3.8) is 0 Å². The Bertz CT molecular complexity index is 942. The maximum Gasteiger partial charge on any atom is 0.286 e. The van der Waals surface area contributed by atoms with Crippen LogP contribution in [0.5, 0.6) is 0 Å². The molecule has 11 heteroatoms. The maximum absolute atomic E-state index is 12.1. The van der Waals surface area contributed by atoms with Gasteiger partial charge in [-0.05, 0) is 40.2 Å². The fourth-order valence-electron chi connectivity index (χ4n) is 1.94. The van der Waals surface area contributed by atoms with Crippen LogP contribution in [0, 0.1) is 0 Å². The first-order valence-corrected chi connectivity index (χ1v) is 9.83. The van der Waals surface area contributed by atoms with Crippen LogP contribution in [0.2, 0.25) is 5.02 Å². The van der Waals surface area contributed by atoms with Crippen LogP contribution in [-0.2, 0) is 17.1 Å². The number of aryl methyl sites for hydroxylation is 1. The average molecular weight is 450 g/mol. The molecule has 0 spiro atoms. The summed E-state index contributed by atoms with van der Waals surface area (Å²) in [6.07, 6.45) is 2.66. The molecule has 0 aliphatic heterocycles. The number of nitrogens with zero attached hydrogens (tertiary/aromatic N) is 1. The summed E-state index contributed by atoms with van der Waals surface area (Å²) in [4.78, 5) is 24.2. The Hall–Kier alpha value is -2.04. The van der Waals surface area contributed by atoms with Gasteiger partial charge in [0.05, 0.1) is 17.0 Å². The number of rotatable bonds is 4. The third-order valence-electron chi connectivity index (χ3n) is 3.02. The van der Waals surface area contributed by atoms with Crippen molar-refractivity contribution in [3.8, 4) is 0 Å². The summed E-state index contributed by atoms with van der Waals surface area (Å²) in [6.45, 7) is 0. The minimum Gasteiger partial charge on any atom is -0.345 e. The van der Waals surface area contributed by atoms with E-state index < -0.39 is 21.8 Å². The molecule has 2 aromatic rings. The number of benzene rings is 1. The highest BCUT2D eigenvalue weighted by Crippen LogP contribution is 2.23. The Kier molecular flexibility index (Phi) is 5.76. The van der Waals surface area contributed by atoms with Crippen molar-refractivity contribution in [1.29, 1.82) is 0 Å². The predicted octanol–water partition coefficient (Wildman–Crippen LogP) is 1.89. The molecule has 1 aromatic carbocycles. The van der Waals surface area contributed by atoms with E-state index in [0.29, 0.717) is 5.69 Å². The van der Waals surface area contributed by atoms with Gasteiger partial charge in [-0.3, -0.25) is 25.2 Å². The van der Waals surface area contributed by atoms with Crippen molar-refractivity contribution in [3.05, 3.63) is 51.2 Å². The molecule has 2 rings (SSSR count). The summed E-state index contributed by atoms with van der Waals surface area (Å²) in [7, 11) is -1.87. The first-order valence-electron chi connectivity index (χ1n) is 6.76. The minimum absolute atomic E-state index is 0.0644. The van der Waals surface area contributed by atoms with Crippen molar-refractivity contribution in [2.45, 2.75) is 0 Å². The molecule has 0 aliphatic rings. The summed E-state index contributed by atoms with van der Waals surface area (Å²) < 4.78 is 27.1. The van der Waals surface area contributed by atoms with Gasteiger partial charge in [-0.1, -0.05) is 11.6 Å². The van der Waals surface area contributed by atoms with Gasteiger partial charge in [0.15, 0.2) is 0 Å². The number of aromatic nitrogens is 1. The van der Waals surface area contributed by atoms with Crippen LogP contribution in [0.1, 0.15) is 20.8 Å². The topological polar surface area (TPSA) is 109 Å². The van der Waals surface area contributed by atoms with E-state index in [-0.39, 0.29) is 16.3 Å². The fraction of sp³-hybridized carbons (Fsp3) is 0.143. The number of amides is 2. The average Bonchev–Trinajstić information content (AvgIpc) is 2.84. The summed E-state index contributed by atoms with van der Waals surface area (Å²) in [6, 6.07) is 5.64. The number of carbonyl (C=O) groups excluding carboxylic acids is 2. The van der Waals surface area contributed by atoms with Gasteiger partial charge >= 0.3 is 0 Å². The van der Waals surface area contributed by atoms with Crippen LogP contribution in [0.25, 0.3) is 0 Å². The largest absolute Gasteiger partial charge is 0.345 e. The lowest BCUT2D eigenvalue weighted by Gasteiger charge is -2.10. The van der Waals surface area contributed by atoms with Crippen LogP contribution < -0.4 is 15.6 Å². The van der Waals surface area contributed by atoms with E-state index in [1.54, 1.807) is 23.9 Å². The zero-order chi connectivity index (χ0) is 18.8. The van der Waals surface area contributed by atoms with E-state index in [0.717, 1.165) is 10.7 Å². The molecule has 0 fully saturated rings. The Balaban J connectivity index is 2.09. The van der Waals surface area contributed by atoms with Crippen molar-refractivity contribution in [1.82, 2.24) is 15.4 Å². The molecule has 1 aromatic heterocycles. The molecule has 2 amide bonds. The summed E-state index contributed by atoms with van der Waals surface area (Å²) in [5.74, 6) is -1.14. The molecule has 25 heavy (non-hydrogen) atoms. The fourth-order valence-corrected chi connectivity index (χ4v) is 3.26. The predicted molar refractivity (Wildman–Crippen MR) is 98.0 cm³/mol. The number of hydrogen-bond donors (Lipinski definition) is 3. The second-order valence-corrected chi connectivity index (χ2v) is 8.20. The van der Waals surface area contributed by atoms with Gasteiger partial charge in [0.2, 0.25) is 10.0 Å². The molecule has 3 N–H and O–H groups in total. The van der Waals surface area contributed by atoms with E-state index >= 15 is 0 Å². The first-order chi connectivity index (χ1) is 11.6. The van der Waals surface area contributed by atoms with Gasteiger partial charge < -0.3 is 4.57 Å².